The number of aromatic nitrogens is 5. The van der Waals surface area contributed by atoms with Gasteiger partial charge in [0.2, 0.25) is 0 Å². The van der Waals surface area contributed by atoms with Gasteiger partial charge in [-0.25, -0.2) is 0 Å². The maximum absolute atomic E-state index is 6.16. The quantitative estimate of drug-likeness (QED) is 0.160. The van der Waals surface area contributed by atoms with Crippen molar-refractivity contribution in [1.82, 2.24) is 22.5 Å². The average molecular weight is 1560 g/mol. The summed E-state index contributed by atoms with van der Waals surface area (Å²) in [5.74, 6) is 0. The first kappa shape index (κ1) is 67.5. The van der Waals surface area contributed by atoms with Crippen LogP contribution in [0.3, 0.4) is 0 Å². The molecule has 1 aliphatic carbocycles. The minimum atomic E-state index is 0.916. The average Bonchev–Trinajstić information content (AvgIpc) is 1.53. The van der Waals surface area contributed by atoms with Gasteiger partial charge in [0.1, 0.15) is 11.2 Å². The number of nitrogens with zero attached hydrogens (tertiary/aromatic N) is 6. The van der Waals surface area contributed by atoms with Crippen LogP contribution in [0.1, 0.15) is 0 Å². The summed E-state index contributed by atoms with van der Waals surface area (Å²) in [6.07, 6.45) is 0. The molecule has 0 saturated carbocycles. The fourth-order valence-electron chi connectivity index (χ4n) is 21.7. The summed E-state index contributed by atoms with van der Waals surface area (Å²) in [4.78, 5) is 2.33. The van der Waals surface area contributed by atoms with Crippen molar-refractivity contribution in [3.63, 3.8) is 0 Å². The molecule has 7 nitrogen and oxygen atoms in total. The summed E-state index contributed by atoms with van der Waals surface area (Å²) >= 11 is 0. The van der Waals surface area contributed by atoms with E-state index in [4.69, 9.17) is 4.42 Å². The lowest BCUT2D eigenvalue weighted by atomic mass is 9.93. The van der Waals surface area contributed by atoms with Crippen LogP contribution in [0.2, 0.25) is 0 Å². The molecule has 0 radical (unpaired) electrons. The SMILES string of the molecule is c1ccc(-c2ccc(-n3c4cccc5c4c4c6c(cccc6ccc43)-c3ccccc3-5)c3ccccc23)cc1.c1ccc(N(c2ccccc2)c2cccc(-n3c4cccc5c6ccccc6n6c7ccccc7c7ccc3c(c54)c76)c2)cc1.c1ccc2c(c1)oc1ccc(-n3c4cccc5c6ccccc6n6c7ccccc7c7ccc3c(c54)c76)cc12. The number of benzene rings is 20. The first-order valence-corrected chi connectivity index (χ1v) is 42.4. The third kappa shape index (κ3) is 9.58. The summed E-state index contributed by atoms with van der Waals surface area (Å²) in [5, 5.41) is 25.6. The van der Waals surface area contributed by atoms with E-state index in [0.717, 1.165) is 50.4 Å². The van der Waals surface area contributed by atoms with Gasteiger partial charge in [0.15, 0.2) is 0 Å². The summed E-state index contributed by atoms with van der Waals surface area (Å²) < 4.78 is 18.5. The molecule has 0 saturated heterocycles. The second-order valence-electron chi connectivity index (χ2n) is 32.8. The molecule has 123 heavy (non-hydrogen) atoms. The van der Waals surface area contributed by atoms with E-state index in [1.807, 2.05) is 12.1 Å². The highest BCUT2D eigenvalue weighted by Gasteiger charge is 2.29. The van der Waals surface area contributed by atoms with Crippen LogP contribution in [-0.2, 0) is 0 Å². The Morgan fingerprint density at radius 2 is 0.593 bits per heavy atom. The fourth-order valence-corrected chi connectivity index (χ4v) is 21.7. The third-order valence-electron chi connectivity index (χ3n) is 26.6. The first-order chi connectivity index (χ1) is 61.1. The van der Waals surface area contributed by atoms with Crippen LogP contribution < -0.4 is 4.90 Å². The molecule has 0 fully saturated rings. The molecule has 0 spiro atoms. The normalized spacial score (nSPS) is 12.2. The minimum absolute atomic E-state index is 0.916. The molecule has 20 aromatic carbocycles. The molecular weight excluding hydrogens is 1490 g/mol. The highest BCUT2D eigenvalue weighted by molar-refractivity contribution is 6.36. The van der Waals surface area contributed by atoms with E-state index in [1.165, 1.54) is 202 Å². The van der Waals surface area contributed by atoms with Gasteiger partial charge in [0.25, 0.3) is 0 Å². The van der Waals surface area contributed by atoms with Crippen molar-refractivity contribution in [2.24, 2.45) is 0 Å². The molecule has 0 unspecified atom stereocenters. The molecule has 0 aliphatic heterocycles. The van der Waals surface area contributed by atoms with Crippen LogP contribution in [0, 0.1) is 0 Å². The van der Waals surface area contributed by atoms with E-state index < -0.39 is 0 Å². The molecule has 8 heterocycles. The summed E-state index contributed by atoms with van der Waals surface area (Å²) in [5.41, 5.74) is 31.3. The fraction of sp³-hybridized carbons (Fsp3) is 0. The summed E-state index contributed by atoms with van der Waals surface area (Å²) in [7, 11) is 0. The lowest BCUT2D eigenvalue weighted by molar-refractivity contribution is 0.669. The van der Waals surface area contributed by atoms with Crippen molar-refractivity contribution in [2.75, 3.05) is 4.90 Å². The van der Waals surface area contributed by atoms with Gasteiger partial charge in [0.05, 0.1) is 71.9 Å². The molecule has 0 N–H and O–H groups in total. The molecule has 8 aromatic heterocycles. The minimum Gasteiger partial charge on any atom is -0.456 e. The smallest absolute Gasteiger partial charge is 0.135 e. The van der Waals surface area contributed by atoms with Crippen molar-refractivity contribution in [3.8, 4) is 50.4 Å². The zero-order valence-corrected chi connectivity index (χ0v) is 66.5. The second kappa shape index (κ2) is 26.0. The molecule has 1 aliphatic rings. The Balaban J connectivity index is 0.0000000970. The highest BCUT2D eigenvalue weighted by atomic mass is 16.3. The zero-order valence-electron chi connectivity index (χ0n) is 66.5. The van der Waals surface area contributed by atoms with Gasteiger partial charge in [0, 0.05) is 109 Å². The Hall–Kier alpha value is -16.5. The van der Waals surface area contributed by atoms with Gasteiger partial charge in [-0.05, 0) is 194 Å². The number of fused-ring (bicyclic) bond motifs is 19. The van der Waals surface area contributed by atoms with E-state index in [-0.39, 0.29) is 0 Å². The zero-order chi connectivity index (χ0) is 80.2. The van der Waals surface area contributed by atoms with Gasteiger partial charge >= 0.3 is 0 Å². The number of hydrogen-bond donors (Lipinski definition) is 0. The van der Waals surface area contributed by atoms with Crippen molar-refractivity contribution in [2.45, 2.75) is 0 Å². The number of hydrogen-bond acceptors (Lipinski definition) is 2. The van der Waals surface area contributed by atoms with Crippen molar-refractivity contribution in [3.05, 3.63) is 425 Å². The monoisotopic (exact) mass is 1560 g/mol. The Labute approximate surface area is 704 Å². The van der Waals surface area contributed by atoms with E-state index in [9.17, 15) is 0 Å². The Morgan fingerprint density at radius 1 is 0.187 bits per heavy atom. The lowest BCUT2D eigenvalue weighted by Crippen LogP contribution is -2.10. The number of furan rings is 1. The Bertz CT molecular complexity index is 9240. The van der Waals surface area contributed by atoms with Crippen LogP contribution in [0.5, 0.6) is 0 Å². The second-order valence-corrected chi connectivity index (χ2v) is 32.8. The van der Waals surface area contributed by atoms with Crippen molar-refractivity contribution < 1.29 is 4.42 Å². The third-order valence-corrected chi connectivity index (χ3v) is 26.6. The number of rotatable bonds is 7. The van der Waals surface area contributed by atoms with E-state index >= 15 is 0 Å². The largest absolute Gasteiger partial charge is 0.456 e. The van der Waals surface area contributed by atoms with Gasteiger partial charge < -0.3 is 31.8 Å². The Morgan fingerprint density at radius 3 is 1.19 bits per heavy atom. The van der Waals surface area contributed by atoms with E-state index in [1.54, 1.807) is 0 Å². The summed E-state index contributed by atoms with van der Waals surface area (Å²) in [6.45, 7) is 0. The van der Waals surface area contributed by atoms with Crippen LogP contribution in [0.4, 0.5) is 17.1 Å². The molecule has 28 aromatic rings. The molecular formula is C116H70N6O. The molecule has 0 atom stereocenters. The van der Waals surface area contributed by atoms with Gasteiger partial charge in [-0.1, -0.05) is 291 Å². The van der Waals surface area contributed by atoms with Crippen LogP contribution in [-0.4, -0.2) is 22.5 Å². The Kier molecular flexibility index (Phi) is 14.3. The predicted octanol–water partition coefficient (Wildman–Crippen LogP) is 31.6. The van der Waals surface area contributed by atoms with Crippen LogP contribution >= 0.6 is 0 Å². The number of para-hydroxylation sites is 7. The lowest BCUT2D eigenvalue weighted by Gasteiger charge is -2.26. The standard InChI is InChI=1S/C42H27N3.C38H23N.C36H20N2O/c1-3-13-28(14-4-1)43(29-15-5-2-6-16-29)30-17-11-18-31(27-30)44-38-24-12-21-34-32-19-7-9-22-36(32)45-37-23-10-8-20-33(37)35-25-26-39(44)41(40(34)38)42(35)45;1-2-10-24(11-3-1)26-21-23-33(30-16-7-6-13-27(26)30)39-34-19-9-18-32-29-15-5-4-14-28(29)31-17-8-12-25-20-22-35(39)38(36(25)31)37(32)34;1-4-12-28-22(8-1)25-11-7-14-30-34(25)35-31(18-17-26-23-9-2-5-13-29(23)38(28)36(26)35)37(30)21-16-19-33-27(20-21)24-10-3-6-15-32(24)39-33/h1-27H;1-23H;1-20H. The molecule has 570 valence electrons. The molecule has 7 heteroatoms. The molecule has 29 rings (SSSR count). The van der Waals surface area contributed by atoms with E-state index in [0.29, 0.717) is 0 Å². The number of anilines is 3. The van der Waals surface area contributed by atoms with Crippen molar-refractivity contribution in [1.29, 1.82) is 0 Å². The first-order valence-electron chi connectivity index (χ1n) is 42.4. The van der Waals surface area contributed by atoms with E-state index in [2.05, 4.69) is 440 Å². The van der Waals surface area contributed by atoms with Crippen molar-refractivity contribution >= 4 is 202 Å². The predicted molar refractivity (Wildman–Crippen MR) is 519 cm³/mol. The molecule has 0 amide bonds. The maximum atomic E-state index is 6.16. The molecule has 0 bridgehead atoms. The highest BCUT2D eigenvalue weighted by Crippen LogP contribution is 2.53. The van der Waals surface area contributed by atoms with Crippen LogP contribution in [0.15, 0.2) is 429 Å². The topological polar surface area (TPSA) is 40.0 Å². The van der Waals surface area contributed by atoms with Gasteiger partial charge in [-0.3, -0.25) is 0 Å². The van der Waals surface area contributed by atoms with Gasteiger partial charge in [-0.15, -0.1) is 0 Å². The van der Waals surface area contributed by atoms with Crippen LogP contribution in [0.25, 0.3) is 236 Å². The summed E-state index contributed by atoms with van der Waals surface area (Å²) in [6, 6.07) is 154. The van der Waals surface area contributed by atoms with Gasteiger partial charge in [-0.2, -0.15) is 0 Å². The maximum Gasteiger partial charge on any atom is 0.135 e.